The predicted octanol–water partition coefficient (Wildman–Crippen LogP) is 1.73. The van der Waals surface area contributed by atoms with Crippen molar-refractivity contribution in [3.63, 3.8) is 0 Å². The van der Waals surface area contributed by atoms with E-state index in [0.717, 1.165) is 0 Å². The lowest BCUT2D eigenvalue weighted by atomic mass is 9.93. The van der Waals surface area contributed by atoms with Crippen molar-refractivity contribution in [2.75, 3.05) is 0 Å². The number of carboxylic acids is 1. The normalized spacial score (nSPS) is 14.5. The zero-order valence-electron chi connectivity index (χ0n) is 11.3. The SMILES string of the molecule is CC(C)(C)OC(=O)[C@@H](C(=O)O)C(N)c1ccccc1. The van der Waals surface area contributed by atoms with Gasteiger partial charge in [0.15, 0.2) is 5.92 Å². The molecular weight excluding hydrogens is 246 g/mol. The van der Waals surface area contributed by atoms with Crippen LogP contribution in [0.4, 0.5) is 0 Å². The highest BCUT2D eigenvalue weighted by Gasteiger charge is 2.37. The van der Waals surface area contributed by atoms with Crippen molar-refractivity contribution in [3.8, 4) is 0 Å². The maximum Gasteiger partial charge on any atom is 0.322 e. The van der Waals surface area contributed by atoms with Gasteiger partial charge >= 0.3 is 11.9 Å². The molecule has 19 heavy (non-hydrogen) atoms. The summed E-state index contributed by atoms with van der Waals surface area (Å²) in [5, 5.41) is 9.19. The summed E-state index contributed by atoms with van der Waals surface area (Å²) in [5.41, 5.74) is 5.71. The fourth-order valence-electron chi connectivity index (χ4n) is 1.63. The molecule has 0 aliphatic rings. The molecule has 0 fully saturated rings. The molecule has 0 radical (unpaired) electrons. The van der Waals surface area contributed by atoms with Crippen LogP contribution >= 0.6 is 0 Å². The molecule has 0 aliphatic heterocycles. The summed E-state index contributed by atoms with van der Waals surface area (Å²) >= 11 is 0. The van der Waals surface area contributed by atoms with Crippen LogP contribution in [-0.2, 0) is 14.3 Å². The van der Waals surface area contributed by atoms with Crippen LogP contribution in [0.5, 0.6) is 0 Å². The van der Waals surface area contributed by atoms with Gasteiger partial charge in [-0.2, -0.15) is 0 Å². The van der Waals surface area contributed by atoms with Gasteiger partial charge in [0.05, 0.1) is 6.04 Å². The van der Waals surface area contributed by atoms with Gasteiger partial charge in [0.1, 0.15) is 5.60 Å². The summed E-state index contributed by atoms with van der Waals surface area (Å²) in [4.78, 5) is 23.2. The van der Waals surface area contributed by atoms with Gasteiger partial charge in [-0.15, -0.1) is 0 Å². The molecule has 0 aliphatic carbocycles. The first-order valence-corrected chi connectivity index (χ1v) is 5.98. The number of benzene rings is 1. The van der Waals surface area contributed by atoms with Crippen molar-refractivity contribution in [2.45, 2.75) is 32.4 Å². The minimum atomic E-state index is -1.42. The van der Waals surface area contributed by atoms with Gasteiger partial charge in [-0.05, 0) is 26.3 Å². The monoisotopic (exact) mass is 265 g/mol. The quantitative estimate of drug-likeness (QED) is 0.639. The van der Waals surface area contributed by atoms with Crippen LogP contribution in [0.1, 0.15) is 32.4 Å². The largest absolute Gasteiger partial charge is 0.481 e. The summed E-state index contributed by atoms with van der Waals surface area (Å²) in [6.07, 6.45) is 0. The van der Waals surface area contributed by atoms with Gasteiger partial charge in [-0.25, -0.2) is 0 Å². The van der Waals surface area contributed by atoms with Crippen LogP contribution in [0, 0.1) is 5.92 Å². The zero-order valence-corrected chi connectivity index (χ0v) is 11.3. The number of hydrogen-bond donors (Lipinski definition) is 2. The number of carbonyl (C=O) groups is 2. The topological polar surface area (TPSA) is 89.6 Å². The molecule has 104 valence electrons. The highest BCUT2D eigenvalue weighted by Crippen LogP contribution is 2.23. The Bertz CT molecular complexity index is 450. The second kappa shape index (κ2) is 5.84. The van der Waals surface area contributed by atoms with Crippen molar-refractivity contribution in [1.82, 2.24) is 0 Å². The van der Waals surface area contributed by atoms with Crippen molar-refractivity contribution < 1.29 is 19.4 Å². The lowest BCUT2D eigenvalue weighted by Crippen LogP contribution is -2.39. The van der Waals surface area contributed by atoms with E-state index in [1.165, 1.54) is 0 Å². The van der Waals surface area contributed by atoms with Gasteiger partial charge in [-0.1, -0.05) is 30.3 Å². The first-order valence-electron chi connectivity index (χ1n) is 5.98. The Morgan fingerprint density at radius 3 is 2.16 bits per heavy atom. The lowest BCUT2D eigenvalue weighted by Gasteiger charge is -2.25. The molecule has 0 aromatic heterocycles. The average Bonchev–Trinajstić information content (AvgIpc) is 2.27. The van der Waals surface area contributed by atoms with Gasteiger partial charge in [0.25, 0.3) is 0 Å². The molecule has 0 spiro atoms. The summed E-state index contributed by atoms with van der Waals surface area (Å²) in [7, 11) is 0. The Kier molecular flexibility index (Phi) is 4.67. The minimum absolute atomic E-state index is 0.584. The fourth-order valence-corrected chi connectivity index (χ4v) is 1.63. The van der Waals surface area contributed by atoms with E-state index in [1.807, 2.05) is 0 Å². The standard InChI is InChI=1S/C14H19NO4/c1-14(2,3)19-13(18)10(12(16)17)11(15)9-7-5-4-6-8-9/h4-8,10-11H,15H2,1-3H3,(H,16,17)/t10-,11?/m1/s1. The van der Waals surface area contributed by atoms with Crippen molar-refractivity contribution in [1.29, 1.82) is 0 Å². The van der Waals surface area contributed by atoms with Gasteiger partial charge < -0.3 is 15.6 Å². The van der Waals surface area contributed by atoms with E-state index in [9.17, 15) is 14.7 Å². The molecule has 0 heterocycles. The number of rotatable bonds is 4. The molecule has 0 bridgehead atoms. The molecule has 1 unspecified atom stereocenters. The van der Waals surface area contributed by atoms with Crippen LogP contribution in [0.15, 0.2) is 30.3 Å². The molecule has 0 saturated carbocycles. The Labute approximate surface area is 112 Å². The Balaban J connectivity index is 2.96. The number of esters is 1. The zero-order chi connectivity index (χ0) is 14.6. The van der Waals surface area contributed by atoms with E-state index in [2.05, 4.69) is 0 Å². The number of nitrogens with two attached hydrogens (primary N) is 1. The van der Waals surface area contributed by atoms with Crippen LogP contribution in [-0.4, -0.2) is 22.6 Å². The molecule has 0 amide bonds. The van der Waals surface area contributed by atoms with Crippen LogP contribution in [0.3, 0.4) is 0 Å². The first kappa shape index (κ1) is 15.2. The highest BCUT2D eigenvalue weighted by molar-refractivity contribution is 5.95. The number of hydrogen-bond acceptors (Lipinski definition) is 4. The second-order valence-electron chi connectivity index (χ2n) is 5.29. The van der Waals surface area contributed by atoms with Crippen LogP contribution in [0.2, 0.25) is 0 Å². The summed E-state index contributed by atoms with van der Waals surface area (Å²) in [5.74, 6) is -3.52. The van der Waals surface area contributed by atoms with E-state index in [0.29, 0.717) is 5.56 Å². The highest BCUT2D eigenvalue weighted by atomic mass is 16.6. The Morgan fingerprint density at radius 2 is 1.74 bits per heavy atom. The van der Waals surface area contributed by atoms with Gasteiger partial charge in [-0.3, -0.25) is 9.59 Å². The van der Waals surface area contributed by atoms with Crippen molar-refractivity contribution in [3.05, 3.63) is 35.9 Å². The van der Waals surface area contributed by atoms with E-state index in [-0.39, 0.29) is 0 Å². The van der Waals surface area contributed by atoms with Crippen LogP contribution < -0.4 is 5.73 Å². The number of ether oxygens (including phenoxy) is 1. The maximum atomic E-state index is 11.9. The van der Waals surface area contributed by atoms with Gasteiger partial charge in [0, 0.05) is 0 Å². The van der Waals surface area contributed by atoms with Gasteiger partial charge in [0.2, 0.25) is 0 Å². The molecule has 0 saturated heterocycles. The molecule has 5 heteroatoms. The maximum absolute atomic E-state index is 11.9. The van der Waals surface area contributed by atoms with Crippen LogP contribution in [0.25, 0.3) is 0 Å². The molecule has 1 rings (SSSR count). The molecular formula is C14H19NO4. The minimum Gasteiger partial charge on any atom is -0.481 e. The molecule has 3 N–H and O–H groups in total. The number of carbonyl (C=O) groups excluding carboxylic acids is 1. The molecule has 1 aromatic carbocycles. The van der Waals surface area contributed by atoms with E-state index in [1.54, 1.807) is 51.1 Å². The van der Waals surface area contributed by atoms with E-state index in [4.69, 9.17) is 10.5 Å². The third-order valence-electron chi connectivity index (χ3n) is 2.47. The predicted molar refractivity (Wildman–Crippen MR) is 70.3 cm³/mol. The third-order valence-corrected chi connectivity index (χ3v) is 2.47. The summed E-state index contributed by atoms with van der Waals surface area (Å²) in [6, 6.07) is 7.70. The van der Waals surface area contributed by atoms with E-state index >= 15 is 0 Å². The Hall–Kier alpha value is -1.88. The second-order valence-corrected chi connectivity index (χ2v) is 5.29. The lowest BCUT2D eigenvalue weighted by molar-refractivity contribution is -0.167. The number of aliphatic carboxylic acids is 1. The van der Waals surface area contributed by atoms with Crippen molar-refractivity contribution >= 4 is 11.9 Å². The Morgan fingerprint density at radius 1 is 1.21 bits per heavy atom. The molecule has 5 nitrogen and oxygen atoms in total. The van der Waals surface area contributed by atoms with Crippen molar-refractivity contribution in [2.24, 2.45) is 11.7 Å². The summed E-state index contributed by atoms with van der Waals surface area (Å²) in [6.45, 7) is 5.04. The first-order chi connectivity index (χ1) is 8.72. The molecule has 1 aromatic rings. The van der Waals surface area contributed by atoms with E-state index < -0.39 is 29.5 Å². The molecule has 2 atom stereocenters. The smallest absolute Gasteiger partial charge is 0.322 e. The third kappa shape index (κ3) is 4.37. The fraction of sp³-hybridized carbons (Fsp3) is 0.429. The number of carboxylic acid groups (broad SMARTS) is 1. The average molecular weight is 265 g/mol. The summed E-state index contributed by atoms with van der Waals surface area (Å²) < 4.78 is 5.10.